The molecule has 1 aliphatic heterocycles. The molecule has 1 rings (SSSR count). The summed E-state index contributed by atoms with van der Waals surface area (Å²) in [5, 5.41) is 0. The van der Waals surface area contributed by atoms with E-state index in [2.05, 4.69) is 25.3 Å². The Morgan fingerprint density at radius 3 is 1.64 bits per heavy atom. The Morgan fingerprint density at radius 2 is 1.21 bits per heavy atom. The SMILES string of the molecule is C1CCSSCC1.SCCCCCS. The van der Waals surface area contributed by atoms with Crippen molar-refractivity contribution in [3.05, 3.63) is 0 Å². The average molecular weight is 271 g/mol. The van der Waals surface area contributed by atoms with Crippen LogP contribution in [0.3, 0.4) is 0 Å². The second kappa shape index (κ2) is 14.4. The van der Waals surface area contributed by atoms with Crippen molar-refractivity contribution in [1.82, 2.24) is 0 Å². The lowest BCUT2D eigenvalue weighted by Crippen LogP contribution is -1.77. The molecule has 0 spiro atoms. The normalized spacial score (nSPS) is 16.7. The third-order valence-electron chi connectivity index (χ3n) is 1.85. The second-order valence-electron chi connectivity index (χ2n) is 3.21. The molecule has 0 atom stereocenters. The fraction of sp³-hybridized carbons (Fsp3) is 1.00. The molecular weight excluding hydrogens is 248 g/mol. The van der Waals surface area contributed by atoms with Gasteiger partial charge in [-0.15, -0.1) is 0 Å². The minimum Gasteiger partial charge on any atom is -0.179 e. The quantitative estimate of drug-likeness (QED) is 0.436. The van der Waals surface area contributed by atoms with Crippen molar-refractivity contribution in [2.45, 2.75) is 38.5 Å². The van der Waals surface area contributed by atoms with Gasteiger partial charge >= 0.3 is 0 Å². The van der Waals surface area contributed by atoms with Gasteiger partial charge in [0, 0.05) is 11.5 Å². The molecule has 1 fully saturated rings. The minimum atomic E-state index is 1.02. The lowest BCUT2D eigenvalue weighted by atomic mass is 10.3. The molecule has 1 aliphatic rings. The van der Waals surface area contributed by atoms with Crippen LogP contribution in [0.2, 0.25) is 0 Å². The highest BCUT2D eigenvalue weighted by atomic mass is 33.1. The molecule has 0 unspecified atom stereocenters. The molecule has 0 aliphatic carbocycles. The highest BCUT2D eigenvalue weighted by Crippen LogP contribution is 2.27. The molecule has 0 saturated carbocycles. The summed E-state index contributed by atoms with van der Waals surface area (Å²) in [6, 6.07) is 0. The molecule has 0 nitrogen and oxygen atoms in total. The Kier molecular flexibility index (Phi) is 15.8. The topological polar surface area (TPSA) is 0 Å². The zero-order valence-electron chi connectivity index (χ0n) is 8.78. The number of thiol groups is 2. The van der Waals surface area contributed by atoms with Crippen LogP contribution in [-0.4, -0.2) is 23.0 Å². The van der Waals surface area contributed by atoms with Crippen molar-refractivity contribution in [3.8, 4) is 0 Å². The predicted octanol–water partition coefficient (Wildman–Crippen LogP) is 4.57. The van der Waals surface area contributed by atoms with Gasteiger partial charge in [0.2, 0.25) is 0 Å². The summed E-state index contributed by atoms with van der Waals surface area (Å²) in [6.45, 7) is 0. The second-order valence-corrected chi connectivity index (χ2v) is 6.81. The largest absolute Gasteiger partial charge is 0.179 e. The molecule has 14 heavy (non-hydrogen) atoms. The Bertz CT molecular complexity index is 74.5. The van der Waals surface area contributed by atoms with E-state index in [1.165, 1.54) is 50.0 Å². The molecule has 0 amide bonds. The maximum atomic E-state index is 4.07. The maximum Gasteiger partial charge on any atom is 0.00369 e. The molecular formula is C10H22S4. The summed E-state index contributed by atoms with van der Waals surface area (Å²) in [4.78, 5) is 0. The molecule has 86 valence electrons. The van der Waals surface area contributed by atoms with Gasteiger partial charge in [-0.1, -0.05) is 34.4 Å². The van der Waals surface area contributed by atoms with E-state index in [9.17, 15) is 0 Å². The number of hydrogen-bond acceptors (Lipinski definition) is 4. The summed E-state index contributed by atoms with van der Waals surface area (Å²) in [5.41, 5.74) is 0. The van der Waals surface area contributed by atoms with Crippen LogP contribution in [0.25, 0.3) is 0 Å². The van der Waals surface area contributed by atoms with Crippen LogP contribution in [0, 0.1) is 0 Å². The first-order valence-corrected chi connectivity index (χ1v) is 9.13. The number of hydrogen-bond donors (Lipinski definition) is 2. The standard InChI is InChI=1S/C5H10S2.C5H12S2/c1-2-4-6-7-5-3-1;6-4-2-1-3-5-7/h1-5H2;6-7H,1-5H2. The molecule has 0 aromatic heterocycles. The third-order valence-corrected chi connectivity index (χ3v) is 5.06. The Balaban J connectivity index is 0.000000241. The summed E-state index contributed by atoms with van der Waals surface area (Å²) in [6.07, 6.45) is 8.11. The van der Waals surface area contributed by atoms with Crippen molar-refractivity contribution < 1.29 is 0 Å². The molecule has 0 aromatic carbocycles. The average Bonchev–Trinajstić information content (AvgIpc) is 2.51. The van der Waals surface area contributed by atoms with Crippen LogP contribution in [0.15, 0.2) is 0 Å². The number of unbranched alkanes of at least 4 members (excludes halogenated alkanes) is 2. The third kappa shape index (κ3) is 13.4. The van der Waals surface area contributed by atoms with Crippen molar-refractivity contribution in [2.75, 3.05) is 23.0 Å². The number of rotatable bonds is 4. The first-order valence-electron chi connectivity index (χ1n) is 5.38. The zero-order valence-corrected chi connectivity index (χ0v) is 12.2. The lowest BCUT2D eigenvalue weighted by molar-refractivity contribution is 0.788. The highest BCUT2D eigenvalue weighted by molar-refractivity contribution is 8.76. The molecule has 0 radical (unpaired) electrons. The van der Waals surface area contributed by atoms with Crippen LogP contribution < -0.4 is 0 Å². The highest BCUT2D eigenvalue weighted by Gasteiger charge is 1.96. The van der Waals surface area contributed by atoms with E-state index >= 15 is 0 Å². The van der Waals surface area contributed by atoms with Crippen LogP contribution in [0.5, 0.6) is 0 Å². The molecule has 0 bridgehead atoms. The van der Waals surface area contributed by atoms with Crippen LogP contribution in [0.1, 0.15) is 38.5 Å². The molecule has 0 N–H and O–H groups in total. The van der Waals surface area contributed by atoms with Crippen molar-refractivity contribution in [2.24, 2.45) is 0 Å². The first-order chi connectivity index (χ1) is 6.91. The zero-order chi connectivity index (χ0) is 10.5. The van der Waals surface area contributed by atoms with E-state index in [1.807, 2.05) is 21.6 Å². The maximum absolute atomic E-state index is 4.07. The molecule has 0 aromatic rings. The predicted molar refractivity (Wildman–Crippen MR) is 80.3 cm³/mol. The van der Waals surface area contributed by atoms with Gasteiger partial charge in [0.05, 0.1) is 0 Å². The summed E-state index contributed by atoms with van der Waals surface area (Å²) >= 11 is 8.14. The van der Waals surface area contributed by atoms with Crippen LogP contribution >= 0.6 is 46.8 Å². The van der Waals surface area contributed by atoms with Crippen molar-refractivity contribution in [3.63, 3.8) is 0 Å². The summed E-state index contributed by atoms with van der Waals surface area (Å²) in [7, 11) is 4.06. The van der Waals surface area contributed by atoms with E-state index in [0.717, 1.165) is 11.5 Å². The van der Waals surface area contributed by atoms with Crippen molar-refractivity contribution in [1.29, 1.82) is 0 Å². The van der Waals surface area contributed by atoms with Gasteiger partial charge < -0.3 is 0 Å². The molecule has 1 heterocycles. The van der Waals surface area contributed by atoms with Crippen LogP contribution in [-0.2, 0) is 0 Å². The Hall–Kier alpha value is 1.40. The van der Waals surface area contributed by atoms with Gasteiger partial charge in [-0.2, -0.15) is 25.3 Å². The van der Waals surface area contributed by atoms with Gasteiger partial charge in [-0.3, -0.25) is 0 Å². The summed E-state index contributed by atoms with van der Waals surface area (Å²) in [5.74, 6) is 4.80. The van der Waals surface area contributed by atoms with E-state index in [-0.39, 0.29) is 0 Å². The van der Waals surface area contributed by atoms with Gasteiger partial charge in [-0.05, 0) is 37.2 Å². The molecule has 4 heteroatoms. The monoisotopic (exact) mass is 270 g/mol. The van der Waals surface area contributed by atoms with E-state index in [1.54, 1.807) is 0 Å². The Labute approximate surface area is 108 Å². The van der Waals surface area contributed by atoms with E-state index < -0.39 is 0 Å². The fourth-order valence-electron chi connectivity index (χ4n) is 1.02. The van der Waals surface area contributed by atoms with Crippen LogP contribution in [0.4, 0.5) is 0 Å². The van der Waals surface area contributed by atoms with Crippen molar-refractivity contribution >= 4 is 46.8 Å². The Morgan fingerprint density at radius 1 is 0.714 bits per heavy atom. The first kappa shape index (κ1) is 15.4. The minimum absolute atomic E-state index is 1.02. The smallest absolute Gasteiger partial charge is 0.00369 e. The van der Waals surface area contributed by atoms with Gasteiger partial charge in [-0.25, -0.2) is 0 Å². The van der Waals surface area contributed by atoms with Gasteiger partial charge in [0.15, 0.2) is 0 Å². The lowest BCUT2D eigenvalue weighted by Gasteiger charge is -1.90. The van der Waals surface area contributed by atoms with Gasteiger partial charge in [0.25, 0.3) is 0 Å². The summed E-state index contributed by atoms with van der Waals surface area (Å²) < 4.78 is 0. The van der Waals surface area contributed by atoms with Gasteiger partial charge in [0.1, 0.15) is 0 Å². The fourth-order valence-corrected chi connectivity index (χ4v) is 3.76. The van der Waals surface area contributed by atoms with E-state index in [0.29, 0.717) is 0 Å². The van der Waals surface area contributed by atoms with E-state index in [4.69, 9.17) is 0 Å². The molecule has 1 saturated heterocycles.